The third kappa shape index (κ3) is 7.43. The number of carboxylic acid groups (broad SMARTS) is 1. The molecule has 0 aliphatic carbocycles. The second kappa shape index (κ2) is 13.2. The Balaban J connectivity index is 1.52. The van der Waals surface area contributed by atoms with Crippen LogP contribution in [-0.4, -0.2) is 60.6 Å². The van der Waals surface area contributed by atoms with Gasteiger partial charge in [-0.1, -0.05) is 23.7 Å². The number of anilines is 2. The van der Waals surface area contributed by atoms with E-state index in [0.717, 1.165) is 19.4 Å². The van der Waals surface area contributed by atoms with E-state index in [1.165, 1.54) is 0 Å². The second-order valence-corrected chi connectivity index (χ2v) is 9.94. The number of hydrogen-bond donors (Lipinski definition) is 5. The number of nitrogens with zero attached hydrogens (tertiary/aromatic N) is 1. The molecule has 0 bridgehead atoms. The maximum atomic E-state index is 13.2. The van der Waals surface area contributed by atoms with Crippen molar-refractivity contribution in [2.24, 2.45) is 5.73 Å². The van der Waals surface area contributed by atoms with E-state index in [1.807, 2.05) is 12.1 Å². The van der Waals surface area contributed by atoms with E-state index < -0.39 is 12.6 Å². The maximum Gasteiger partial charge on any atom is 0.341 e. The highest BCUT2D eigenvalue weighted by Crippen LogP contribution is 2.33. The average molecular weight is 566 g/mol. The molecule has 210 valence electrons. The number of rotatable bonds is 12. The number of nitrogens with one attached hydrogen (secondary N) is 3. The van der Waals surface area contributed by atoms with Crippen LogP contribution >= 0.6 is 11.6 Å². The molecule has 0 spiro atoms. The van der Waals surface area contributed by atoms with Crippen molar-refractivity contribution in [2.75, 3.05) is 37.4 Å². The van der Waals surface area contributed by atoms with Gasteiger partial charge in [-0.15, -0.1) is 0 Å². The molecule has 0 saturated carbocycles. The number of ether oxygens (including phenoxy) is 2. The first-order valence-electron chi connectivity index (χ1n) is 12.8. The molecule has 40 heavy (non-hydrogen) atoms. The summed E-state index contributed by atoms with van der Waals surface area (Å²) in [5.74, 6) is -0.753. The minimum Gasteiger partial charge on any atom is -0.488 e. The van der Waals surface area contributed by atoms with Crippen molar-refractivity contribution in [3.05, 3.63) is 82.4 Å². The normalized spacial score (nSPS) is 14.9. The summed E-state index contributed by atoms with van der Waals surface area (Å²) < 4.78 is 11.8. The Morgan fingerprint density at radius 2 is 1.93 bits per heavy atom. The fourth-order valence-corrected chi connectivity index (χ4v) is 4.64. The number of nitrogen functional groups attached to an aromatic ring is 1. The molecule has 4 rings (SSSR count). The van der Waals surface area contributed by atoms with Crippen molar-refractivity contribution in [3.8, 4) is 11.5 Å². The van der Waals surface area contributed by atoms with Gasteiger partial charge in [0, 0.05) is 40.1 Å². The number of likely N-dealkylation sites (tertiary alicyclic amines) is 1. The molecule has 1 aliphatic rings. The van der Waals surface area contributed by atoms with Gasteiger partial charge in [0.05, 0.1) is 5.56 Å². The van der Waals surface area contributed by atoms with E-state index in [1.54, 1.807) is 48.5 Å². The largest absolute Gasteiger partial charge is 0.488 e. The molecule has 1 fully saturated rings. The Labute approximate surface area is 237 Å². The van der Waals surface area contributed by atoms with Gasteiger partial charge in [-0.3, -0.25) is 10.2 Å². The van der Waals surface area contributed by atoms with Crippen LogP contribution in [0.15, 0.2) is 60.7 Å². The summed E-state index contributed by atoms with van der Waals surface area (Å²) in [5, 5.41) is 23.2. The van der Waals surface area contributed by atoms with Crippen molar-refractivity contribution in [3.63, 3.8) is 0 Å². The Kier molecular flexibility index (Phi) is 9.47. The van der Waals surface area contributed by atoms with E-state index in [9.17, 15) is 14.7 Å². The summed E-state index contributed by atoms with van der Waals surface area (Å²) in [6.45, 7) is 1.19. The van der Waals surface area contributed by atoms with E-state index in [4.69, 9.17) is 32.2 Å². The summed E-state index contributed by atoms with van der Waals surface area (Å²) in [7, 11) is 2.06. The summed E-state index contributed by atoms with van der Waals surface area (Å²) in [6.07, 6.45) is 2.14. The van der Waals surface area contributed by atoms with E-state index in [0.29, 0.717) is 51.2 Å². The first-order chi connectivity index (χ1) is 19.2. The number of benzene rings is 3. The molecule has 6 N–H and O–H groups in total. The zero-order chi connectivity index (χ0) is 28.6. The van der Waals surface area contributed by atoms with Crippen LogP contribution in [0.4, 0.5) is 11.4 Å². The van der Waals surface area contributed by atoms with Crippen LogP contribution in [0.2, 0.25) is 5.02 Å². The monoisotopic (exact) mass is 565 g/mol. The highest BCUT2D eigenvalue weighted by molar-refractivity contribution is 6.31. The fourth-order valence-electron chi connectivity index (χ4n) is 4.47. The van der Waals surface area contributed by atoms with E-state index in [-0.39, 0.29) is 24.3 Å². The molecule has 1 heterocycles. The molecule has 3 aromatic carbocycles. The molecular formula is C29H32ClN5O5. The van der Waals surface area contributed by atoms with Crippen LogP contribution in [0, 0.1) is 5.41 Å². The molecule has 0 aromatic heterocycles. The standard InChI is InChI=1S/C29H32ClN5O5/c1-35-13-3-5-22(35)16-39-25-6-2-4-19(27(25)40-17-26(36)37)15-33-24-12-9-20(30)14-23(24)29(38)34-21-10-7-18(8-11-21)28(31)32/h2,4,6-12,14,22,33H,3,5,13,15-17H2,1H3,(H3,31,32)(H,34,38)(H,36,37)/t22-/m1/s1. The zero-order valence-electron chi connectivity index (χ0n) is 22.1. The third-order valence-corrected chi connectivity index (χ3v) is 6.89. The van der Waals surface area contributed by atoms with Crippen molar-refractivity contribution in [1.82, 2.24) is 4.90 Å². The second-order valence-electron chi connectivity index (χ2n) is 9.50. The van der Waals surface area contributed by atoms with Crippen LogP contribution in [0.25, 0.3) is 0 Å². The Hall–Kier alpha value is -4.28. The highest BCUT2D eigenvalue weighted by atomic mass is 35.5. The lowest BCUT2D eigenvalue weighted by molar-refractivity contribution is -0.139. The average Bonchev–Trinajstić information content (AvgIpc) is 3.34. The zero-order valence-corrected chi connectivity index (χ0v) is 22.8. The van der Waals surface area contributed by atoms with Gasteiger partial charge in [0.1, 0.15) is 12.4 Å². The summed E-state index contributed by atoms with van der Waals surface area (Å²) in [4.78, 5) is 26.7. The minimum atomic E-state index is -1.10. The number of halogens is 1. The molecule has 0 radical (unpaired) electrons. The lowest BCUT2D eigenvalue weighted by Gasteiger charge is -2.22. The molecule has 1 aliphatic heterocycles. The Morgan fingerprint density at radius 3 is 2.60 bits per heavy atom. The van der Waals surface area contributed by atoms with Gasteiger partial charge in [-0.25, -0.2) is 4.79 Å². The van der Waals surface area contributed by atoms with Gasteiger partial charge in [-0.05, 0) is 75.0 Å². The predicted molar refractivity (Wildman–Crippen MR) is 155 cm³/mol. The highest BCUT2D eigenvalue weighted by Gasteiger charge is 2.23. The van der Waals surface area contributed by atoms with Gasteiger partial charge in [0.25, 0.3) is 5.91 Å². The smallest absolute Gasteiger partial charge is 0.341 e. The van der Waals surface area contributed by atoms with Gasteiger partial charge >= 0.3 is 5.97 Å². The van der Waals surface area contributed by atoms with Crippen molar-refractivity contribution >= 4 is 40.7 Å². The fraction of sp³-hybridized carbons (Fsp3) is 0.276. The first-order valence-corrected chi connectivity index (χ1v) is 13.2. The lowest BCUT2D eigenvalue weighted by atomic mass is 10.1. The first kappa shape index (κ1) is 28.7. The SMILES string of the molecule is CN1CCC[C@@H]1COc1cccc(CNc2ccc(Cl)cc2C(=O)Nc2ccc(C(=N)N)cc2)c1OCC(=O)O. The van der Waals surface area contributed by atoms with E-state index >= 15 is 0 Å². The number of aliphatic carboxylic acids is 1. The van der Waals surface area contributed by atoms with Crippen molar-refractivity contribution < 1.29 is 24.2 Å². The van der Waals surface area contributed by atoms with Crippen LogP contribution in [-0.2, 0) is 11.3 Å². The summed E-state index contributed by atoms with van der Waals surface area (Å²) in [5.41, 5.74) is 8.08. The maximum absolute atomic E-state index is 13.2. The van der Waals surface area contributed by atoms with Gasteiger partial charge < -0.3 is 35.8 Å². The number of nitrogens with two attached hydrogens (primary N) is 1. The number of carboxylic acids is 1. The van der Waals surface area contributed by atoms with Crippen molar-refractivity contribution in [1.29, 1.82) is 5.41 Å². The molecule has 10 nitrogen and oxygen atoms in total. The summed E-state index contributed by atoms with van der Waals surface area (Å²) >= 11 is 6.21. The number of para-hydroxylation sites is 1. The van der Waals surface area contributed by atoms with Gasteiger partial charge in [0.2, 0.25) is 0 Å². The third-order valence-electron chi connectivity index (χ3n) is 6.65. The lowest BCUT2D eigenvalue weighted by Crippen LogP contribution is -2.30. The molecule has 0 unspecified atom stereocenters. The molecular weight excluding hydrogens is 534 g/mol. The molecule has 1 amide bonds. The van der Waals surface area contributed by atoms with Crippen LogP contribution in [0.5, 0.6) is 11.5 Å². The molecule has 11 heteroatoms. The van der Waals surface area contributed by atoms with Crippen LogP contribution in [0.3, 0.4) is 0 Å². The minimum absolute atomic E-state index is 0.0637. The quantitative estimate of drug-likeness (QED) is 0.160. The van der Waals surface area contributed by atoms with Gasteiger partial charge in [-0.2, -0.15) is 0 Å². The van der Waals surface area contributed by atoms with E-state index in [2.05, 4.69) is 22.6 Å². The predicted octanol–water partition coefficient (Wildman–Crippen LogP) is 4.42. The number of amides is 1. The molecule has 1 saturated heterocycles. The van der Waals surface area contributed by atoms with Crippen LogP contribution in [0.1, 0.15) is 34.3 Å². The van der Waals surface area contributed by atoms with Crippen LogP contribution < -0.4 is 25.8 Å². The number of carbonyl (C=O) groups excluding carboxylic acids is 1. The van der Waals surface area contributed by atoms with Gasteiger partial charge in [0.15, 0.2) is 18.1 Å². The Morgan fingerprint density at radius 1 is 1.15 bits per heavy atom. The number of likely N-dealkylation sites (N-methyl/N-ethyl adjacent to an activating group) is 1. The number of carbonyl (C=O) groups is 2. The summed E-state index contributed by atoms with van der Waals surface area (Å²) in [6, 6.07) is 17.2. The van der Waals surface area contributed by atoms with Crippen molar-refractivity contribution in [2.45, 2.75) is 25.4 Å². The number of amidine groups is 1. The Bertz CT molecular complexity index is 1380. The molecule has 1 atom stereocenters. The topological polar surface area (TPSA) is 150 Å². The molecule has 3 aromatic rings. The number of hydrogen-bond acceptors (Lipinski definition) is 7.